The van der Waals surface area contributed by atoms with E-state index in [-0.39, 0.29) is 18.4 Å². The van der Waals surface area contributed by atoms with Crippen molar-refractivity contribution in [2.45, 2.75) is 18.2 Å². The number of carbonyl (C=O) groups excluding carboxylic acids is 1. The smallest absolute Gasteiger partial charge is 0.232 e. The minimum atomic E-state index is 0.177. The zero-order valence-electron chi connectivity index (χ0n) is 10.6. The van der Waals surface area contributed by atoms with E-state index in [9.17, 15) is 4.79 Å². The van der Waals surface area contributed by atoms with Crippen molar-refractivity contribution >= 4 is 17.7 Å². The summed E-state index contributed by atoms with van der Waals surface area (Å²) in [6, 6.07) is 8.22. The lowest BCUT2D eigenvalue weighted by Crippen LogP contribution is -2.30. The molecule has 3 nitrogen and oxygen atoms in total. The van der Waals surface area contributed by atoms with Crippen molar-refractivity contribution in [3.8, 4) is 0 Å². The average Bonchev–Trinajstić information content (AvgIpc) is 2.86. The molecule has 0 saturated carbocycles. The summed E-state index contributed by atoms with van der Waals surface area (Å²) in [5, 5.41) is 9.06. The molecule has 1 aliphatic rings. The molecule has 0 aliphatic carbocycles. The average molecular weight is 265 g/mol. The standard InChI is InChI=1S/C14H19NO2S/c1-11-2-4-13(5-3-11)18-10-14(17)15-7-6-12(8-15)9-16/h2-5,12,16H,6-10H2,1H3. The number of aryl methyl sites for hydroxylation is 1. The number of rotatable bonds is 4. The SMILES string of the molecule is Cc1ccc(SCC(=O)N2CCC(CO)C2)cc1. The molecule has 0 bridgehead atoms. The van der Waals surface area contributed by atoms with Gasteiger partial charge in [-0.15, -0.1) is 11.8 Å². The number of hydrogen-bond donors (Lipinski definition) is 1. The predicted molar refractivity (Wildman–Crippen MR) is 73.7 cm³/mol. The molecule has 0 aromatic heterocycles. The highest BCUT2D eigenvalue weighted by atomic mass is 32.2. The zero-order chi connectivity index (χ0) is 13.0. The second kappa shape index (κ2) is 6.25. The van der Waals surface area contributed by atoms with Crippen LogP contribution in [0.2, 0.25) is 0 Å². The number of thioether (sulfide) groups is 1. The van der Waals surface area contributed by atoms with Crippen LogP contribution in [0.5, 0.6) is 0 Å². The van der Waals surface area contributed by atoms with Crippen LogP contribution in [0.25, 0.3) is 0 Å². The second-order valence-electron chi connectivity index (χ2n) is 4.78. The van der Waals surface area contributed by atoms with Gasteiger partial charge in [0.05, 0.1) is 5.75 Å². The lowest BCUT2D eigenvalue weighted by Gasteiger charge is -2.15. The Bertz CT molecular complexity index is 405. The first-order chi connectivity index (χ1) is 8.69. The molecule has 1 saturated heterocycles. The number of hydrogen-bond acceptors (Lipinski definition) is 3. The molecule has 1 unspecified atom stereocenters. The van der Waals surface area contributed by atoms with E-state index >= 15 is 0 Å². The number of amides is 1. The van der Waals surface area contributed by atoms with Gasteiger partial charge in [0.25, 0.3) is 0 Å². The van der Waals surface area contributed by atoms with E-state index in [4.69, 9.17) is 5.11 Å². The van der Waals surface area contributed by atoms with E-state index in [0.29, 0.717) is 12.3 Å². The van der Waals surface area contributed by atoms with Crippen molar-refractivity contribution in [3.05, 3.63) is 29.8 Å². The lowest BCUT2D eigenvalue weighted by atomic mass is 10.1. The van der Waals surface area contributed by atoms with Gasteiger partial charge in [0.15, 0.2) is 0 Å². The number of aliphatic hydroxyl groups excluding tert-OH is 1. The molecule has 98 valence electrons. The Morgan fingerprint density at radius 3 is 2.78 bits per heavy atom. The Morgan fingerprint density at radius 1 is 1.44 bits per heavy atom. The third kappa shape index (κ3) is 3.50. The summed E-state index contributed by atoms with van der Waals surface area (Å²) < 4.78 is 0. The van der Waals surface area contributed by atoms with E-state index in [1.165, 1.54) is 5.56 Å². The molecule has 1 aromatic rings. The molecule has 1 aliphatic heterocycles. The maximum absolute atomic E-state index is 12.0. The van der Waals surface area contributed by atoms with Gasteiger partial charge in [-0.25, -0.2) is 0 Å². The van der Waals surface area contributed by atoms with E-state index in [2.05, 4.69) is 19.1 Å². The van der Waals surface area contributed by atoms with Gasteiger partial charge < -0.3 is 10.0 Å². The van der Waals surface area contributed by atoms with Crippen molar-refractivity contribution in [3.63, 3.8) is 0 Å². The summed E-state index contributed by atoms with van der Waals surface area (Å²) in [6.07, 6.45) is 0.928. The van der Waals surface area contributed by atoms with Gasteiger partial charge in [-0.3, -0.25) is 4.79 Å². The monoisotopic (exact) mass is 265 g/mol. The third-order valence-corrected chi connectivity index (χ3v) is 4.28. The molecule has 1 aromatic carbocycles. The van der Waals surface area contributed by atoms with Gasteiger partial charge in [0.1, 0.15) is 0 Å². The largest absolute Gasteiger partial charge is 0.396 e. The Labute approximate surface area is 112 Å². The van der Waals surface area contributed by atoms with Crippen LogP contribution in [0.3, 0.4) is 0 Å². The number of likely N-dealkylation sites (tertiary alicyclic amines) is 1. The van der Waals surface area contributed by atoms with Crippen molar-refractivity contribution in [2.75, 3.05) is 25.4 Å². The maximum atomic E-state index is 12.0. The molecule has 0 spiro atoms. The molecule has 1 heterocycles. The van der Waals surface area contributed by atoms with Crippen LogP contribution >= 0.6 is 11.8 Å². The van der Waals surface area contributed by atoms with Crippen LogP contribution in [0.15, 0.2) is 29.2 Å². The molecule has 18 heavy (non-hydrogen) atoms. The van der Waals surface area contributed by atoms with Crippen molar-refractivity contribution in [1.29, 1.82) is 0 Å². The van der Waals surface area contributed by atoms with E-state index in [1.54, 1.807) is 11.8 Å². The second-order valence-corrected chi connectivity index (χ2v) is 5.83. The van der Waals surface area contributed by atoms with E-state index in [0.717, 1.165) is 17.9 Å². The van der Waals surface area contributed by atoms with Gasteiger partial charge in [0, 0.05) is 30.5 Å². The number of carbonyl (C=O) groups is 1. The Balaban J connectivity index is 1.80. The first-order valence-electron chi connectivity index (χ1n) is 6.27. The number of aliphatic hydroxyl groups is 1. The Kier molecular flexibility index (Phi) is 4.66. The normalized spacial score (nSPS) is 19.2. The summed E-state index contributed by atoms with van der Waals surface area (Å²) in [4.78, 5) is 15.0. The summed E-state index contributed by atoms with van der Waals surface area (Å²) >= 11 is 1.58. The van der Waals surface area contributed by atoms with Crippen molar-refractivity contribution in [2.24, 2.45) is 5.92 Å². The summed E-state index contributed by atoms with van der Waals surface area (Å²) in [5.74, 6) is 0.941. The summed E-state index contributed by atoms with van der Waals surface area (Å²) in [7, 11) is 0. The maximum Gasteiger partial charge on any atom is 0.232 e. The fourth-order valence-electron chi connectivity index (χ4n) is 2.08. The molecular weight excluding hydrogens is 246 g/mol. The van der Waals surface area contributed by atoms with Crippen LogP contribution < -0.4 is 0 Å². The first-order valence-corrected chi connectivity index (χ1v) is 7.25. The molecule has 1 fully saturated rings. The van der Waals surface area contributed by atoms with Crippen molar-refractivity contribution in [1.82, 2.24) is 4.90 Å². The number of nitrogens with zero attached hydrogens (tertiary/aromatic N) is 1. The highest BCUT2D eigenvalue weighted by Crippen LogP contribution is 2.21. The van der Waals surface area contributed by atoms with Gasteiger partial charge in [-0.05, 0) is 25.5 Å². The molecule has 1 atom stereocenters. The van der Waals surface area contributed by atoms with E-state index in [1.807, 2.05) is 17.0 Å². The van der Waals surface area contributed by atoms with Gasteiger partial charge >= 0.3 is 0 Å². The van der Waals surface area contributed by atoms with Gasteiger partial charge in [0.2, 0.25) is 5.91 Å². The highest BCUT2D eigenvalue weighted by molar-refractivity contribution is 8.00. The fourth-order valence-corrected chi connectivity index (χ4v) is 2.88. The molecule has 0 radical (unpaired) electrons. The van der Waals surface area contributed by atoms with Crippen LogP contribution in [0, 0.1) is 12.8 Å². The van der Waals surface area contributed by atoms with Crippen molar-refractivity contribution < 1.29 is 9.90 Å². The van der Waals surface area contributed by atoms with Crippen LogP contribution in [0.4, 0.5) is 0 Å². The quantitative estimate of drug-likeness (QED) is 0.846. The van der Waals surface area contributed by atoms with E-state index < -0.39 is 0 Å². The predicted octanol–water partition coefficient (Wildman–Crippen LogP) is 1.93. The molecule has 1 N–H and O–H groups in total. The molecule has 1 amide bonds. The van der Waals surface area contributed by atoms with Crippen LogP contribution in [0.1, 0.15) is 12.0 Å². The Hall–Kier alpha value is -1.00. The minimum Gasteiger partial charge on any atom is -0.396 e. The summed E-state index contributed by atoms with van der Waals surface area (Å²) in [5.41, 5.74) is 1.23. The Morgan fingerprint density at radius 2 is 2.17 bits per heavy atom. The fraction of sp³-hybridized carbons (Fsp3) is 0.500. The van der Waals surface area contributed by atoms with Crippen LogP contribution in [-0.4, -0.2) is 41.4 Å². The topological polar surface area (TPSA) is 40.5 Å². The first kappa shape index (κ1) is 13.4. The summed E-state index contributed by atoms with van der Waals surface area (Å²) in [6.45, 7) is 3.75. The molecule has 2 rings (SSSR count). The number of benzene rings is 1. The van der Waals surface area contributed by atoms with Gasteiger partial charge in [-0.1, -0.05) is 17.7 Å². The zero-order valence-corrected chi connectivity index (χ0v) is 11.4. The molecular formula is C14H19NO2S. The van der Waals surface area contributed by atoms with Crippen LogP contribution in [-0.2, 0) is 4.79 Å². The van der Waals surface area contributed by atoms with Gasteiger partial charge in [-0.2, -0.15) is 0 Å². The lowest BCUT2D eigenvalue weighted by molar-refractivity contribution is -0.127. The molecule has 4 heteroatoms. The highest BCUT2D eigenvalue weighted by Gasteiger charge is 2.25. The third-order valence-electron chi connectivity index (χ3n) is 3.28. The minimum absolute atomic E-state index is 0.177.